The van der Waals surface area contributed by atoms with E-state index in [9.17, 15) is 0 Å². The molecule has 0 saturated carbocycles. The highest BCUT2D eigenvalue weighted by molar-refractivity contribution is 9.11. The van der Waals surface area contributed by atoms with Gasteiger partial charge in [-0.2, -0.15) is 0 Å². The molecule has 2 N–H and O–H groups in total. The standard InChI is InChI=1S/C12H8Br2Cl2N2/c13-9-5-7(15)1-3-11(9)17-18-12-4-2-8(16)6-10(12)14/h1-6,17-18H. The third-order valence-electron chi connectivity index (χ3n) is 2.19. The number of anilines is 2. The van der Waals surface area contributed by atoms with E-state index in [1.54, 1.807) is 0 Å². The lowest BCUT2D eigenvalue weighted by molar-refractivity contribution is 1.39. The summed E-state index contributed by atoms with van der Waals surface area (Å²) in [6, 6.07) is 11.0. The molecule has 0 unspecified atom stereocenters. The van der Waals surface area contributed by atoms with Crippen LogP contribution in [0.4, 0.5) is 11.4 Å². The Hall–Kier alpha value is -0.420. The summed E-state index contributed by atoms with van der Waals surface area (Å²) in [5, 5.41) is 1.36. The van der Waals surface area contributed by atoms with E-state index in [1.165, 1.54) is 0 Å². The summed E-state index contributed by atoms with van der Waals surface area (Å²) >= 11 is 18.6. The lowest BCUT2D eigenvalue weighted by Crippen LogP contribution is -2.09. The van der Waals surface area contributed by atoms with Gasteiger partial charge in [-0.1, -0.05) is 23.2 Å². The van der Waals surface area contributed by atoms with Crippen LogP contribution >= 0.6 is 55.1 Å². The summed E-state index contributed by atoms with van der Waals surface area (Å²) in [5.74, 6) is 0. The SMILES string of the molecule is Clc1ccc(NNc2ccc(Cl)cc2Br)c(Br)c1. The van der Waals surface area contributed by atoms with Gasteiger partial charge < -0.3 is 0 Å². The summed E-state index contributed by atoms with van der Waals surface area (Å²) in [6.45, 7) is 0. The number of hydrogen-bond donors (Lipinski definition) is 2. The Balaban J connectivity index is 2.11. The first-order valence-corrected chi connectivity index (χ1v) is 7.32. The minimum atomic E-state index is 0.681. The van der Waals surface area contributed by atoms with Crippen LogP contribution in [0.2, 0.25) is 10.0 Å². The van der Waals surface area contributed by atoms with Gasteiger partial charge in [0.05, 0.1) is 11.4 Å². The van der Waals surface area contributed by atoms with Crippen molar-refractivity contribution >= 4 is 66.4 Å². The maximum atomic E-state index is 5.88. The summed E-state index contributed by atoms with van der Waals surface area (Å²) in [4.78, 5) is 0. The van der Waals surface area contributed by atoms with Crippen molar-refractivity contribution in [1.82, 2.24) is 0 Å². The highest BCUT2D eigenvalue weighted by Crippen LogP contribution is 2.28. The molecule has 6 heteroatoms. The minimum absolute atomic E-state index is 0.681. The fraction of sp³-hybridized carbons (Fsp3) is 0. The van der Waals surface area contributed by atoms with Gasteiger partial charge in [-0.15, -0.1) is 0 Å². The fourth-order valence-corrected chi connectivity index (χ4v) is 2.88. The van der Waals surface area contributed by atoms with Gasteiger partial charge >= 0.3 is 0 Å². The molecule has 0 saturated heterocycles. The van der Waals surface area contributed by atoms with Crippen LogP contribution < -0.4 is 10.9 Å². The van der Waals surface area contributed by atoms with Gasteiger partial charge in [0.25, 0.3) is 0 Å². The highest BCUT2D eigenvalue weighted by atomic mass is 79.9. The first kappa shape index (κ1) is 14.0. The van der Waals surface area contributed by atoms with E-state index in [0.717, 1.165) is 20.3 Å². The van der Waals surface area contributed by atoms with Crippen LogP contribution in [0, 0.1) is 0 Å². The monoisotopic (exact) mass is 408 g/mol. The molecule has 0 aromatic heterocycles. The van der Waals surface area contributed by atoms with Crippen molar-refractivity contribution in [2.45, 2.75) is 0 Å². The van der Waals surface area contributed by atoms with E-state index in [1.807, 2.05) is 36.4 Å². The second kappa shape index (κ2) is 6.15. The van der Waals surface area contributed by atoms with Crippen LogP contribution in [0.1, 0.15) is 0 Å². The molecule has 0 radical (unpaired) electrons. The van der Waals surface area contributed by atoms with Gasteiger partial charge in [0, 0.05) is 19.0 Å². The molecule has 2 nitrogen and oxygen atoms in total. The van der Waals surface area contributed by atoms with Crippen LogP contribution in [0.15, 0.2) is 45.3 Å². The first-order chi connectivity index (χ1) is 8.56. The molecule has 0 spiro atoms. The largest absolute Gasteiger partial charge is 0.300 e. The smallest absolute Gasteiger partial charge is 0.0682 e. The van der Waals surface area contributed by atoms with E-state index in [4.69, 9.17) is 23.2 Å². The third kappa shape index (κ3) is 3.54. The van der Waals surface area contributed by atoms with E-state index in [-0.39, 0.29) is 0 Å². The number of halogens is 4. The molecule has 0 fully saturated rings. The molecule has 0 amide bonds. The molecule has 2 aromatic carbocycles. The summed E-state index contributed by atoms with van der Waals surface area (Å²) < 4.78 is 1.76. The van der Waals surface area contributed by atoms with Crippen molar-refractivity contribution in [3.63, 3.8) is 0 Å². The van der Waals surface area contributed by atoms with Crippen LogP contribution in [-0.4, -0.2) is 0 Å². The summed E-state index contributed by atoms with van der Waals surface area (Å²) in [5.41, 5.74) is 7.96. The minimum Gasteiger partial charge on any atom is -0.300 e. The topological polar surface area (TPSA) is 24.1 Å². The zero-order chi connectivity index (χ0) is 13.1. The lowest BCUT2D eigenvalue weighted by Gasteiger charge is -2.13. The van der Waals surface area contributed by atoms with Gasteiger partial charge in [-0.05, 0) is 68.3 Å². The van der Waals surface area contributed by atoms with Crippen LogP contribution in [0.3, 0.4) is 0 Å². The predicted molar refractivity (Wildman–Crippen MR) is 85.5 cm³/mol. The van der Waals surface area contributed by atoms with Crippen molar-refractivity contribution in [2.75, 3.05) is 10.9 Å². The molecule has 0 aliphatic rings. The van der Waals surface area contributed by atoms with E-state index in [2.05, 4.69) is 42.7 Å². The van der Waals surface area contributed by atoms with Crippen molar-refractivity contribution in [3.05, 3.63) is 55.4 Å². The number of benzene rings is 2. The fourth-order valence-electron chi connectivity index (χ4n) is 1.32. The predicted octanol–water partition coefficient (Wildman–Crippen LogP) is 5.96. The Morgan fingerprint density at radius 2 is 1.11 bits per heavy atom. The zero-order valence-electron chi connectivity index (χ0n) is 8.98. The molecule has 2 aromatic rings. The average Bonchev–Trinajstić information content (AvgIpc) is 2.30. The molecule has 0 bridgehead atoms. The second-order valence-corrected chi connectivity index (χ2v) is 6.08. The van der Waals surface area contributed by atoms with Gasteiger partial charge in [-0.3, -0.25) is 10.9 Å². The maximum absolute atomic E-state index is 5.88. The van der Waals surface area contributed by atoms with Gasteiger partial charge in [0.15, 0.2) is 0 Å². The Labute approximate surface area is 132 Å². The molecule has 94 valence electrons. The summed E-state index contributed by atoms with van der Waals surface area (Å²) in [7, 11) is 0. The molecule has 0 aliphatic heterocycles. The van der Waals surface area contributed by atoms with E-state index < -0.39 is 0 Å². The quantitative estimate of drug-likeness (QED) is 0.610. The number of hydrogen-bond acceptors (Lipinski definition) is 2. The Bertz CT molecular complexity index is 524. The van der Waals surface area contributed by atoms with Crippen LogP contribution in [-0.2, 0) is 0 Å². The number of rotatable bonds is 3. The Morgan fingerprint density at radius 1 is 0.722 bits per heavy atom. The molecular weight excluding hydrogens is 403 g/mol. The zero-order valence-corrected chi connectivity index (χ0v) is 13.7. The molecule has 0 atom stereocenters. The van der Waals surface area contributed by atoms with Crippen molar-refractivity contribution in [1.29, 1.82) is 0 Å². The Kier molecular flexibility index (Phi) is 4.78. The van der Waals surface area contributed by atoms with Crippen molar-refractivity contribution in [2.24, 2.45) is 0 Å². The van der Waals surface area contributed by atoms with Crippen molar-refractivity contribution < 1.29 is 0 Å². The second-order valence-electron chi connectivity index (χ2n) is 3.50. The normalized spacial score (nSPS) is 10.2. The number of hydrazine groups is 1. The van der Waals surface area contributed by atoms with Gasteiger partial charge in [0.1, 0.15) is 0 Å². The first-order valence-electron chi connectivity index (χ1n) is 4.98. The van der Waals surface area contributed by atoms with Crippen LogP contribution in [0.25, 0.3) is 0 Å². The lowest BCUT2D eigenvalue weighted by atomic mass is 10.3. The molecule has 18 heavy (non-hydrogen) atoms. The molecular formula is C12H8Br2Cl2N2. The molecule has 2 rings (SSSR count). The van der Waals surface area contributed by atoms with E-state index in [0.29, 0.717) is 10.0 Å². The van der Waals surface area contributed by atoms with Gasteiger partial charge in [-0.25, -0.2) is 0 Å². The third-order valence-corrected chi connectivity index (χ3v) is 3.98. The Morgan fingerprint density at radius 3 is 1.44 bits per heavy atom. The van der Waals surface area contributed by atoms with Crippen LogP contribution in [0.5, 0.6) is 0 Å². The van der Waals surface area contributed by atoms with Gasteiger partial charge in [0.2, 0.25) is 0 Å². The summed E-state index contributed by atoms with van der Waals surface area (Å²) in [6.07, 6.45) is 0. The highest BCUT2D eigenvalue weighted by Gasteiger charge is 2.02. The average molecular weight is 411 g/mol. The molecule has 0 heterocycles. The van der Waals surface area contributed by atoms with Crippen molar-refractivity contribution in [3.8, 4) is 0 Å². The number of nitrogens with one attached hydrogen (secondary N) is 2. The molecule has 0 aliphatic carbocycles. The van der Waals surface area contributed by atoms with E-state index >= 15 is 0 Å². The maximum Gasteiger partial charge on any atom is 0.0682 e.